The normalized spacial score (nSPS) is 23.6. The van der Waals surface area contributed by atoms with Gasteiger partial charge in [-0.3, -0.25) is 9.78 Å². The first kappa shape index (κ1) is 22.5. The summed E-state index contributed by atoms with van der Waals surface area (Å²) in [4.78, 5) is 39.7. The van der Waals surface area contributed by atoms with Crippen LogP contribution in [0.2, 0.25) is 0 Å². The van der Waals surface area contributed by atoms with Crippen LogP contribution in [0.25, 0.3) is 0 Å². The van der Waals surface area contributed by atoms with Gasteiger partial charge in [-0.25, -0.2) is 0 Å². The molecule has 17 heteroatoms. The van der Waals surface area contributed by atoms with Crippen LogP contribution in [0.15, 0.2) is 14.6 Å². The van der Waals surface area contributed by atoms with Crippen LogP contribution >= 0.6 is 17.6 Å². The molecule has 0 radical (unpaired) electrons. The van der Waals surface area contributed by atoms with E-state index in [4.69, 9.17) is 39.1 Å². The van der Waals surface area contributed by atoms with E-state index >= 15 is 0 Å². The first-order valence-corrected chi connectivity index (χ1v) is 12.7. The van der Waals surface area contributed by atoms with Crippen molar-refractivity contribution in [2.24, 2.45) is 0 Å². The van der Waals surface area contributed by atoms with E-state index in [2.05, 4.69) is 34.9 Å². The predicted molar refractivity (Wildman–Crippen MR) is 92.6 cm³/mol. The number of ether oxygens (including phenoxy) is 1. The molecule has 0 saturated heterocycles. The molecular formula is C10H10MoN5O7PS3-2. The van der Waals surface area contributed by atoms with Gasteiger partial charge in [-0.2, -0.15) is 14.8 Å². The van der Waals surface area contributed by atoms with Gasteiger partial charge in [-0.05, 0) is 0 Å². The number of phosphoric ester groups is 1. The number of fused-ring (bicyclic) bond motifs is 2. The molecular weight excluding hydrogens is 525 g/mol. The van der Waals surface area contributed by atoms with E-state index in [1.54, 1.807) is 0 Å². The first-order chi connectivity index (χ1) is 12.6. The number of H-pyrrole nitrogens is 1. The number of phosphoric acid groups is 1. The molecule has 3 atom stereocenters. The molecule has 0 fully saturated rings. The number of nitrogen functional groups attached to an aromatic ring is 1. The molecule has 3 rings (SSSR count). The monoisotopic (exact) mass is 537 g/mol. The summed E-state index contributed by atoms with van der Waals surface area (Å²) in [5.74, 6) is 0.0463. The van der Waals surface area contributed by atoms with Crippen LogP contribution in [-0.2, 0) is 59.2 Å². The number of hydrogen-bond acceptors (Lipinski definition) is 14. The molecule has 3 heterocycles. The summed E-state index contributed by atoms with van der Waals surface area (Å²) in [6, 6.07) is -0.658. The van der Waals surface area contributed by atoms with Crippen molar-refractivity contribution in [3.63, 3.8) is 0 Å². The zero-order valence-electron chi connectivity index (χ0n) is 12.9. The second-order valence-electron chi connectivity index (χ2n) is 5.03. The fourth-order valence-corrected chi connectivity index (χ4v) is 3.20. The van der Waals surface area contributed by atoms with Gasteiger partial charge in [0.2, 0.25) is 5.95 Å². The predicted octanol–water partition coefficient (Wildman–Crippen LogP) is -2.04. The van der Waals surface area contributed by atoms with Crippen LogP contribution in [0, 0.1) is 0 Å². The fourth-order valence-electron chi connectivity index (χ4n) is 2.32. The molecule has 148 valence electrons. The minimum absolute atomic E-state index is 0.0982. The van der Waals surface area contributed by atoms with Gasteiger partial charge in [-0.15, -0.1) is 0 Å². The van der Waals surface area contributed by atoms with Crippen molar-refractivity contribution in [3.8, 4) is 0 Å². The number of hydrogen-bond donors (Lipinski definition) is 4. The molecule has 2 aliphatic rings. The second-order valence-corrected chi connectivity index (χ2v) is 8.20. The molecule has 12 nitrogen and oxygen atoms in total. The van der Waals surface area contributed by atoms with Gasteiger partial charge in [0.25, 0.3) is 5.56 Å². The number of nitrogens with two attached hydrogens (primary N) is 1. The maximum atomic E-state index is 11.9. The van der Waals surface area contributed by atoms with E-state index in [1.807, 2.05) is 0 Å². The van der Waals surface area contributed by atoms with Crippen LogP contribution < -0.4 is 31.7 Å². The Labute approximate surface area is 175 Å². The summed E-state index contributed by atoms with van der Waals surface area (Å²) in [6.07, 6.45) is -1.82. The molecule has 5 N–H and O–H groups in total. The standard InChI is InChI=1S/C10H14N5O6PS2.Mo.O.S/c11-10-14-7-4(8(16)15-10)12-3-6(24)5(23)2(21-9(3)13-7)1-20-22(17,18)19;;;/h2-3,9,12,23-24H,1H2,(H2,17,18,19)(H4,11,13,14,15,16);;;/q;+2;;/p-4/t2-,3+,9-;;;/m1.../s1. The number of nitrogens with one attached hydrogen (secondary N) is 3. The third kappa shape index (κ3) is 5.62. The van der Waals surface area contributed by atoms with E-state index in [0.29, 0.717) is 0 Å². The summed E-state index contributed by atoms with van der Waals surface area (Å²) in [6.45, 7) is -0.591. The van der Waals surface area contributed by atoms with Gasteiger partial charge in [0.05, 0.1) is 26.6 Å². The van der Waals surface area contributed by atoms with Gasteiger partial charge < -0.3 is 65.2 Å². The van der Waals surface area contributed by atoms with Gasteiger partial charge >= 0.3 is 29.9 Å². The average molecular weight is 535 g/mol. The van der Waals surface area contributed by atoms with Crippen LogP contribution in [0.4, 0.5) is 17.5 Å². The SMILES string of the molecule is Nc1nc2c(c(=O)[nH]1)N[C@H]1C([S-])=C([S-])[C@@H](COP(=O)([O-])[O-])O[C@H]1N2.[O]=[Mo+2]=[S]. The Kier molecular flexibility index (Phi) is 7.64. The molecule has 0 aromatic carbocycles. The summed E-state index contributed by atoms with van der Waals surface area (Å²) in [7, 11) is -1.21. The molecule has 0 bridgehead atoms. The third-order valence-electron chi connectivity index (χ3n) is 3.33. The molecule has 0 aliphatic carbocycles. The summed E-state index contributed by atoms with van der Waals surface area (Å²) >= 11 is 9.18. The molecule has 1 aromatic heterocycles. The van der Waals surface area contributed by atoms with Gasteiger partial charge in [0, 0.05) is 0 Å². The first-order valence-electron chi connectivity index (χ1n) is 6.82. The van der Waals surface area contributed by atoms with Crippen LogP contribution in [0.5, 0.6) is 0 Å². The minimum atomic E-state index is -5.17. The van der Waals surface area contributed by atoms with Crippen LogP contribution in [0.1, 0.15) is 0 Å². The van der Waals surface area contributed by atoms with Gasteiger partial charge in [-0.1, -0.05) is 0 Å². The quantitative estimate of drug-likeness (QED) is 0.188. The van der Waals surface area contributed by atoms with Gasteiger partial charge in [0.1, 0.15) is 5.69 Å². The molecule has 0 amide bonds. The van der Waals surface area contributed by atoms with E-state index in [-0.39, 0.29) is 27.3 Å². The Morgan fingerprint density at radius 1 is 1.37 bits per heavy atom. The Hall–Kier alpha value is -0.762. The summed E-state index contributed by atoms with van der Waals surface area (Å²) in [5, 5.41) is 5.71. The number of rotatable bonds is 3. The Bertz CT molecular complexity index is 902. The van der Waals surface area contributed by atoms with Crippen molar-refractivity contribution in [3.05, 3.63) is 20.2 Å². The van der Waals surface area contributed by atoms with Crippen molar-refractivity contribution < 1.29 is 43.7 Å². The molecule has 0 spiro atoms. The zero-order valence-corrected chi connectivity index (χ0v) is 18.3. The van der Waals surface area contributed by atoms with E-state index < -0.39 is 55.1 Å². The van der Waals surface area contributed by atoms with Crippen molar-refractivity contribution in [1.29, 1.82) is 0 Å². The Morgan fingerprint density at radius 3 is 2.59 bits per heavy atom. The van der Waals surface area contributed by atoms with Crippen molar-refractivity contribution >= 4 is 60.4 Å². The average Bonchev–Trinajstić information content (AvgIpc) is 2.55. The fraction of sp³-hybridized carbons (Fsp3) is 0.400. The molecule has 0 unspecified atom stereocenters. The van der Waals surface area contributed by atoms with E-state index in [9.17, 15) is 19.1 Å². The van der Waals surface area contributed by atoms with E-state index in [0.717, 1.165) is 0 Å². The van der Waals surface area contributed by atoms with Crippen LogP contribution in [-0.4, -0.2) is 34.9 Å². The number of anilines is 3. The van der Waals surface area contributed by atoms with Crippen molar-refractivity contribution in [1.82, 2.24) is 9.97 Å². The topological polar surface area (TPSA) is 195 Å². The molecule has 1 aromatic rings. The Balaban J connectivity index is 0.000000817. The van der Waals surface area contributed by atoms with Crippen molar-refractivity contribution in [2.75, 3.05) is 23.0 Å². The summed E-state index contributed by atoms with van der Waals surface area (Å²) in [5.41, 5.74) is 5.10. The maximum absolute atomic E-state index is 11.9. The zero-order chi connectivity index (χ0) is 20.4. The molecule has 0 saturated carbocycles. The molecule has 27 heavy (non-hydrogen) atoms. The van der Waals surface area contributed by atoms with Crippen molar-refractivity contribution in [2.45, 2.75) is 18.4 Å². The molecule has 2 aliphatic heterocycles. The Morgan fingerprint density at radius 2 is 2.00 bits per heavy atom. The third-order valence-corrected chi connectivity index (χ3v) is 4.88. The number of aromatic nitrogens is 2. The van der Waals surface area contributed by atoms with Gasteiger partial charge in [0.15, 0.2) is 12.0 Å². The number of nitrogens with zero attached hydrogens (tertiary/aromatic N) is 1. The second kappa shape index (κ2) is 9.16. The van der Waals surface area contributed by atoms with E-state index in [1.165, 1.54) is 0 Å². The van der Waals surface area contributed by atoms with Crippen LogP contribution in [0.3, 0.4) is 0 Å². The summed E-state index contributed by atoms with van der Waals surface area (Å²) < 4.78 is 29.3. The number of aromatic amines is 1.